The van der Waals surface area contributed by atoms with E-state index in [1.54, 1.807) is 12.4 Å². The van der Waals surface area contributed by atoms with Crippen LogP contribution in [0.5, 0.6) is 0 Å². The lowest BCUT2D eigenvalue weighted by Crippen LogP contribution is -1.89. The van der Waals surface area contributed by atoms with Gasteiger partial charge in [-0.2, -0.15) is 0 Å². The molecule has 0 bridgehead atoms. The highest BCUT2D eigenvalue weighted by molar-refractivity contribution is 5.90. The molecule has 0 amide bonds. The summed E-state index contributed by atoms with van der Waals surface area (Å²) in [5.41, 5.74) is 5.08. The Hall–Kier alpha value is -2.29. The van der Waals surface area contributed by atoms with Crippen LogP contribution in [0.3, 0.4) is 0 Å². The average molecular weight is 251 g/mol. The van der Waals surface area contributed by atoms with Gasteiger partial charge < -0.3 is 0 Å². The Kier molecular flexibility index (Phi) is 4.18. The van der Waals surface area contributed by atoms with E-state index in [-0.39, 0.29) is 0 Å². The molecule has 0 unspecified atom stereocenters. The Balaban J connectivity index is 0.000000637. The van der Waals surface area contributed by atoms with Gasteiger partial charge in [0.25, 0.3) is 0 Å². The molecule has 3 aromatic heterocycles. The van der Waals surface area contributed by atoms with Crippen LogP contribution in [0.4, 0.5) is 0 Å². The highest BCUT2D eigenvalue weighted by Crippen LogP contribution is 2.25. The number of hydrogen-bond acceptors (Lipinski definition) is 3. The summed E-state index contributed by atoms with van der Waals surface area (Å²) in [7, 11) is 0. The van der Waals surface area contributed by atoms with Crippen molar-refractivity contribution in [1.29, 1.82) is 0 Å². The third-order valence-electron chi connectivity index (χ3n) is 2.71. The maximum Gasteiger partial charge on any atom is 0.0968 e. The van der Waals surface area contributed by atoms with Gasteiger partial charge in [-0.1, -0.05) is 13.8 Å². The number of pyridine rings is 3. The minimum absolute atomic E-state index is 0.921. The number of fused-ring (bicyclic) bond motifs is 1. The summed E-state index contributed by atoms with van der Waals surface area (Å²) in [6.07, 6.45) is 5.39. The molecule has 0 aliphatic rings. The Morgan fingerprint density at radius 1 is 0.842 bits per heavy atom. The molecule has 0 N–H and O–H groups in total. The van der Waals surface area contributed by atoms with Crippen LogP contribution in [0.25, 0.3) is 22.2 Å². The topological polar surface area (TPSA) is 38.7 Å². The molecule has 19 heavy (non-hydrogen) atoms. The molecule has 0 saturated heterocycles. The third kappa shape index (κ3) is 2.76. The highest BCUT2D eigenvalue weighted by atomic mass is 14.8. The summed E-state index contributed by atoms with van der Waals surface area (Å²) < 4.78 is 0. The molecular weight excluding hydrogens is 234 g/mol. The number of nitrogens with zero attached hydrogens (tertiary/aromatic N) is 3. The second kappa shape index (κ2) is 6.05. The second-order valence-electron chi connectivity index (χ2n) is 3.91. The molecule has 0 aliphatic heterocycles. The molecule has 3 heterocycles. The Bertz CT molecular complexity index is 663. The Morgan fingerprint density at radius 3 is 2.32 bits per heavy atom. The molecule has 3 rings (SSSR count). The van der Waals surface area contributed by atoms with Crippen LogP contribution < -0.4 is 0 Å². The van der Waals surface area contributed by atoms with Gasteiger partial charge in [0.1, 0.15) is 0 Å². The summed E-state index contributed by atoms with van der Waals surface area (Å²) in [5, 5.41) is 0. The van der Waals surface area contributed by atoms with Crippen molar-refractivity contribution in [3.05, 3.63) is 54.6 Å². The summed E-state index contributed by atoms with van der Waals surface area (Å²) >= 11 is 0. The van der Waals surface area contributed by atoms with Crippen LogP contribution in [-0.2, 0) is 0 Å². The van der Waals surface area contributed by atoms with E-state index in [1.165, 1.54) is 0 Å². The number of aryl methyl sites for hydroxylation is 1. The van der Waals surface area contributed by atoms with Gasteiger partial charge in [-0.15, -0.1) is 0 Å². The first-order valence-corrected chi connectivity index (χ1v) is 6.47. The first-order chi connectivity index (χ1) is 9.34. The van der Waals surface area contributed by atoms with E-state index in [0.717, 1.165) is 27.9 Å². The quantitative estimate of drug-likeness (QED) is 0.655. The van der Waals surface area contributed by atoms with Crippen molar-refractivity contribution in [2.45, 2.75) is 20.8 Å². The normalized spacial score (nSPS) is 9.84. The van der Waals surface area contributed by atoms with Crippen LogP contribution in [-0.4, -0.2) is 15.0 Å². The van der Waals surface area contributed by atoms with E-state index in [4.69, 9.17) is 0 Å². The van der Waals surface area contributed by atoms with Gasteiger partial charge >= 0.3 is 0 Å². The lowest BCUT2D eigenvalue weighted by molar-refractivity contribution is 1.23. The Morgan fingerprint density at radius 2 is 1.58 bits per heavy atom. The fraction of sp³-hybridized carbons (Fsp3) is 0.188. The Labute approximate surface area is 113 Å². The fourth-order valence-corrected chi connectivity index (χ4v) is 1.89. The van der Waals surface area contributed by atoms with Gasteiger partial charge in [0.15, 0.2) is 0 Å². The maximum atomic E-state index is 4.57. The SMILES string of the molecule is CC.Cc1ccc2nccc(-c3ccncc3)c2n1. The van der Waals surface area contributed by atoms with Gasteiger partial charge in [0.2, 0.25) is 0 Å². The molecule has 0 aromatic carbocycles. The van der Waals surface area contributed by atoms with Crippen molar-refractivity contribution in [1.82, 2.24) is 15.0 Å². The molecule has 0 aliphatic carbocycles. The minimum Gasteiger partial charge on any atom is -0.265 e. The van der Waals surface area contributed by atoms with Crippen LogP contribution in [0, 0.1) is 6.92 Å². The van der Waals surface area contributed by atoms with E-state index in [1.807, 2.05) is 57.3 Å². The predicted molar refractivity (Wildman–Crippen MR) is 78.9 cm³/mol. The van der Waals surface area contributed by atoms with E-state index < -0.39 is 0 Å². The second-order valence-corrected chi connectivity index (χ2v) is 3.91. The fourth-order valence-electron chi connectivity index (χ4n) is 1.89. The summed E-state index contributed by atoms with van der Waals surface area (Å²) in [4.78, 5) is 12.9. The maximum absolute atomic E-state index is 4.57. The van der Waals surface area contributed by atoms with Crippen molar-refractivity contribution in [2.75, 3.05) is 0 Å². The molecule has 0 atom stereocenters. The highest BCUT2D eigenvalue weighted by Gasteiger charge is 2.05. The van der Waals surface area contributed by atoms with Gasteiger partial charge in [0, 0.05) is 29.8 Å². The van der Waals surface area contributed by atoms with Crippen molar-refractivity contribution in [2.24, 2.45) is 0 Å². The lowest BCUT2D eigenvalue weighted by Gasteiger charge is -2.05. The summed E-state index contributed by atoms with van der Waals surface area (Å²) in [6.45, 7) is 5.99. The molecular formula is C16H17N3. The molecule has 3 aromatic rings. The van der Waals surface area contributed by atoms with Crippen molar-refractivity contribution in [3.8, 4) is 11.1 Å². The molecule has 0 fully saturated rings. The van der Waals surface area contributed by atoms with Crippen LogP contribution >= 0.6 is 0 Å². The van der Waals surface area contributed by atoms with Crippen LogP contribution in [0.15, 0.2) is 48.9 Å². The average Bonchev–Trinajstić information content (AvgIpc) is 2.49. The molecule has 0 saturated carbocycles. The summed E-state index contributed by atoms with van der Waals surface area (Å²) in [5.74, 6) is 0. The van der Waals surface area contributed by atoms with Crippen molar-refractivity contribution < 1.29 is 0 Å². The standard InChI is InChI=1S/C14H11N3.C2H6/c1-10-2-3-13-14(17-10)12(6-9-16-13)11-4-7-15-8-5-11;1-2/h2-9H,1H3;1-2H3. The van der Waals surface area contributed by atoms with Crippen LogP contribution in [0.2, 0.25) is 0 Å². The molecule has 96 valence electrons. The lowest BCUT2D eigenvalue weighted by atomic mass is 10.1. The van der Waals surface area contributed by atoms with Gasteiger partial charge in [-0.3, -0.25) is 15.0 Å². The van der Waals surface area contributed by atoms with E-state index >= 15 is 0 Å². The first kappa shape index (κ1) is 13.1. The van der Waals surface area contributed by atoms with Crippen LogP contribution in [0.1, 0.15) is 19.5 Å². The number of hydrogen-bond donors (Lipinski definition) is 0. The predicted octanol–water partition coefficient (Wildman–Crippen LogP) is 4.03. The molecule has 0 radical (unpaired) electrons. The molecule has 3 nitrogen and oxygen atoms in total. The van der Waals surface area contributed by atoms with Gasteiger partial charge in [-0.25, -0.2) is 0 Å². The van der Waals surface area contributed by atoms with Crippen molar-refractivity contribution >= 4 is 11.0 Å². The first-order valence-electron chi connectivity index (χ1n) is 6.47. The molecule has 3 heteroatoms. The van der Waals surface area contributed by atoms with Crippen molar-refractivity contribution in [3.63, 3.8) is 0 Å². The monoisotopic (exact) mass is 251 g/mol. The smallest absolute Gasteiger partial charge is 0.0968 e. The molecule has 0 spiro atoms. The zero-order valence-corrected chi connectivity index (χ0v) is 11.5. The third-order valence-corrected chi connectivity index (χ3v) is 2.71. The van der Waals surface area contributed by atoms with Gasteiger partial charge in [0.05, 0.1) is 11.0 Å². The zero-order chi connectivity index (χ0) is 13.7. The zero-order valence-electron chi connectivity index (χ0n) is 11.5. The summed E-state index contributed by atoms with van der Waals surface area (Å²) in [6, 6.07) is 9.94. The number of aromatic nitrogens is 3. The largest absolute Gasteiger partial charge is 0.265 e. The van der Waals surface area contributed by atoms with E-state index in [9.17, 15) is 0 Å². The number of rotatable bonds is 1. The van der Waals surface area contributed by atoms with Gasteiger partial charge in [-0.05, 0) is 42.8 Å². The minimum atomic E-state index is 0.921. The van der Waals surface area contributed by atoms with E-state index in [0.29, 0.717) is 0 Å². The van der Waals surface area contributed by atoms with E-state index in [2.05, 4.69) is 15.0 Å².